The van der Waals surface area contributed by atoms with Crippen molar-refractivity contribution in [3.8, 4) is 11.6 Å². The van der Waals surface area contributed by atoms with Crippen LogP contribution in [0, 0.1) is 16.6 Å². The van der Waals surface area contributed by atoms with Crippen molar-refractivity contribution < 1.29 is 18.7 Å². The second-order valence-electron chi connectivity index (χ2n) is 12.3. The molecular weight excluding hydrogens is 513 g/mol. The minimum absolute atomic E-state index is 0.0193. The zero-order valence-electron chi connectivity index (χ0n) is 24.1. The van der Waals surface area contributed by atoms with E-state index in [1.807, 2.05) is 25.7 Å². The number of hydrogen-bond donors (Lipinski definition) is 1. The van der Waals surface area contributed by atoms with Crippen LogP contribution in [0.3, 0.4) is 0 Å². The number of carbonyl (C=O) groups excluding carboxylic acids is 2. The summed E-state index contributed by atoms with van der Waals surface area (Å²) < 4.78 is 20.3. The molecule has 11 heteroatoms. The number of anilines is 1. The third-order valence-electron chi connectivity index (χ3n) is 8.81. The van der Waals surface area contributed by atoms with Crippen molar-refractivity contribution in [1.29, 1.82) is 0 Å². The Morgan fingerprint density at radius 1 is 1.20 bits per heavy atom. The molecule has 1 spiro atoms. The van der Waals surface area contributed by atoms with Crippen LogP contribution in [0.1, 0.15) is 64.2 Å². The number of halogens is 1. The molecule has 5 rings (SSSR count). The van der Waals surface area contributed by atoms with Crippen molar-refractivity contribution in [3.05, 3.63) is 35.9 Å². The maximum absolute atomic E-state index is 14.2. The highest BCUT2D eigenvalue weighted by atomic mass is 19.1. The summed E-state index contributed by atoms with van der Waals surface area (Å²) in [7, 11) is 0. The van der Waals surface area contributed by atoms with Gasteiger partial charge in [0.1, 0.15) is 17.9 Å². The summed E-state index contributed by atoms with van der Waals surface area (Å²) in [6.45, 7) is 14.4. The average molecular weight is 554 g/mol. The molecule has 216 valence electrons. The van der Waals surface area contributed by atoms with Gasteiger partial charge in [-0.15, -0.1) is 10.2 Å². The van der Waals surface area contributed by atoms with Crippen LogP contribution in [0.15, 0.2) is 24.5 Å². The first kappa shape index (κ1) is 28.2. The van der Waals surface area contributed by atoms with E-state index in [0.29, 0.717) is 12.4 Å². The Hall–Kier alpha value is -3.34. The van der Waals surface area contributed by atoms with Crippen molar-refractivity contribution in [2.75, 3.05) is 44.2 Å². The van der Waals surface area contributed by atoms with Gasteiger partial charge in [-0.05, 0) is 70.2 Å². The summed E-state index contributed by atoms with van der Waals surface area (Å²) in [5.74, 6) is 0.302. The van der Waals surface area contributed by atoms with E-state index in [1.54, 1.807) is 4.90 Å². The first-order chi connectivity index (χ1) is 19.0. The van der Waals surface area contributed by atoms with Crippen LogP contribution in [0.25, 0.3) is 0 Å². The van der Waals surface area contributed by atoms with Crippen LogP contribution >= 0.6 is 0 Å². The van der Waals surface area contributed by atoms with Crippen molar-refractivity contribution in [3.63, 3.8) is 0 Å². The lowest BCUT2D eigenvalue weighted by molar-refractivity contribution is -0.138. The van der Waals surface area contributed by atoms with Crippen LogP contribution in [0.4, 0.5) is 10.2 Å². The first-order valence-corrected chi connectivity index (χ1v) is 14.3. The maximum atomic E-state index is 14.2. The van der Waals surface area contributed by atoms with Crippen LogP contribution in [0.2, 0.25) is 0 Å². The predicted octanol–water partition coefficient (Wildman–Crippen LogP) is 3.49. The maximum Gasteiger partial charge on any atom is 0.282 e. The Balaban J connectivity index is 1.26. The number of nitrogens with one attached hydrogen (secondary N) is 1. The molecule has 40 heavy (non-hydrogen) atoms. The second kappa shape index (κ2) is 10.9. The number of aromatic nitrogens is 3. The molecule has 2 amide bonds. The molecule has 0 radical (unpaired) electrons. The van der Waals surface area contributed by atoms with Gasteiger partial charge in [0.15, 0.2) is 5.82 Å². The zero-order valence-corrected chi connectivity index (χ0v) is 24.1. The summed E-state index contributed by atoms with van der Waals surface area (Å²) in [5.41, 5.74) is 0.214. The largest absolute Gasteiger partial charge is 0.434 e. The lowest BCUT2D eigenvalue weighted by Gasteiger charge is -2.54. The molecule has 10 nitrogen and oxygen atoms in total. The molecule has 1 aromatic carbocycles. The average Bonchev–Trinajstić information content (AvgIpc) is 3.27. The molecule has 0 aliphatic carbocycles. The number of rotatable bonds is 7. The minimum atomic E-state index is -0.519. The van der Waals surface area contributed by atoms with E-state index in [2.05, 4.69) is 39.2 Å². The fourth-order valence-corrected chi connectivity index (χ4v) is 6.30. The standard InChI is InChI=1S/C29H40FN7O3/c1-6-37(19(2)3)26(38)21-15-20(30)7-8-22(21)40-25-24(32-18-33-34-25)36-16-29(17-36)10-13-35(14-11-29)27(39)23-28(4,5)9-12-31-23/h7-8,15,18-19,23,31H,6,9-14,16-17H2,1-5H3/t23-/m0/s1. The molecule has 0 bridgehead atoms. The summed E-state index contributed by atoms with van der Waals surface area (Å²) in [6, 6.07) is 3.74. The third-order valence-corrected chi connectivity index (χ3v) is 8.81. The molecule has 4 heterocycles. The molecule has 0 saturated carbocycles. The lowest BCUT2D eigenvalue weighted by Crippen LogP contribution is -2.62. The topological polar surface area (TPSA) is 104 Å². The molecule has 3 saturated heterocycles. The van der Waals surface area contributed by atoms with Crippen LogP contribution in [-0.4, -0.2) is 88.1 Å². The molecule has 2 aromatic rings. The predicted molar refractivity (Wildman–Crippen MR) is 149 cm³/mol. The first-order valence-electron chi connectivity index (χ1n) is 14.3. The number of nitrogens with zero attached hydrogens (tertiary/aromatic N) is 6. The van der Waals surface area contributed by atoms with Gasteiger partial charge in [0.05, 0.1) is 11.6 Å². The quantitative estimate of drug-likeness (QED) is 0.556. The molecule has 1 N–H and O–H groups in total. The summed E-state index contributed by atoms with van der Waals surface area (Å²) in [6.07, 6.45) is 4.24. The summed E-state index contributed by atoms with van der Waals surface area (Å²) in [5, 5.41) is 11.5. The molecule has 1 aromatic heterocycles. The van der Waals surface area contributed by atoms with Crippen molar-refractivity contribution in [2.45, 2.75) is 66.0 Å². The Morgan fingerprint density at radius 3 is 2.55 bits per heavy atom. The van der Waals surface area contributed by atoms with Crippen molar-refractivity contribution in [2.24, 2.45) is 10.8 Å². The lowest BCUT2D eigenvalue weighted by atomic mass is 9.71. The number of amides is 2. The number of likely N-dealkylation sites (tertiary alicyclic amines) is 1. The van der Waals surface area contributed by atoms with Gasteiger partial charge in [-0.25, -0.2) is 9.37 Å². The second-order valence-corrected chi connectivity index (χ2v) is 12.3. The number of benzene rings is 1. The normalized spacial score (nSPS) is 21.4. The SMILES string of the molecule is CCN(C(=O)c1cc(F)ccc1Oc1nncnc1N1CC2(CCN(C(=O)[C@@H]3NCCC3(C)C)CC2)C1)C(C)C. The zero-order chi connectivity index (χ0) is 28.7. The Bertz CT molecular complexity index is 1250. The van der Waals surface area contributed by atoms with E-state index in [0.717, 1.165) is 52.0 Å². The smallest absolute Gasteiger partial charge is 0.282 e. The molecule has 1 atom stereocenters. The fraction of sp³-hybridized carbons (Fsp3) is 0.621. The number of hydrogen-bond acceptors (Lipinski definition) is 8. The molecule has 0 unspecified atom stereocenters. The van der Waals surface area contributed by atoms with E-state index >= 15 is 0 Å². The number of carbonyl (C=O) groups is 2. The van der Waals surface area contributed by atoms with Gasteiger partial charge >= 0.3 is 0 Å². The van der Waals surface area contributed by atoms with Crippen LogP contribution < -0.4 is 15.0 Å². The van der Waals surface area contributed by atoms with Crippen molar-refractivity contribution in [1.82, 2.24) is 30.3 Å². The number of piperidine rings is 1. The Kier molecular flexibility index (Phi) is 7.69. The summed E-state index contributed by atoms with van der Waals surface area (Å²) in [4.78, 5) is 36.6. The monoisotopic (exact) mass is 553 g/mol. The van der Waals surface area contributed by atoms with Crippen LogP contribution in [-0.2, 0) is 4.79 Å². The van der Waals surface area contributed by atoms with Gasteiger partial charge in [-0.1, -0.05) is 13.8 Å². The molecular formula is C29H40FN7O3. The highest BCUT2D eigenvalue weighted by molar-refractivity contribution is 5.97. The molecule has 3 fully saturated rings. The van der Waals surface area contributed by atoms with Gasteiger partial charge in [0, 0.05) is 44.2 Å². The minimum Gasteiger partial charge on any atom is -0.434 e. The highest BCUT2D eigenvalue weighted by Crippen LogP contribution is 2.45. The van der Waals surface area contributed by atoms with E-state index < -0.39 is 5.82 Å². The van der Waals surface area contributed by atoms with Crippen molar-refractivity contribution >= 4 is 17.6 Å². The van der Waals surface area contributed by atoms with E-state index in [-0.39, 0.29) is 51.9 Å². The molecule has 3 aliphatic heterocycles. The van der Waals surface area contributed by atoms with Crippen LogP contribution in [0.5, 0.6) is 11.6 Å². The highest BCUT2D eigenvalue weighted by Gasteiger charge is 2.49. The van der Waals surface area contributed by atoms with Gasteiger partial charge in [-0.2, -0.15) is 0 Å². The van der Waals surface area contributed by atoms with Gasteiger partial charge in [-0.3, -0.25) is 9.59 Å². The van der Waals surface area contributed by atoms with E-state index in [9.17, 15) is 14.0 Å². The van der Waals surface area contributed by atoms with Gasteiger partial charge < -0.3 is 24.8 Å². The Morgan fingerprint density at radius 2 is 1.93 bits per heavy atom. The summed E-state index contributed by atoms with van der Waals surface area (Å²) >= 11 is 0. The number of ether oxygens (including phenoxy) is 1. The van der Waals surface area contributed by atoms with Gasteiger partial charge in [0.2, 0.25) is 5.91 Å². The molecule has 3 aliphatic rings. The van der Waals surface area contributed by atoms with E-state index in [1.165, 1.54) is 24.5 Å². The fourth-order valence-electron chi connectivity index (χ4n) is 6.30. The Labute approximate surface area is 235 Å². The third kappa shape index (κ3) is 5.35. The van der Waals surface area contributed by atoms with E-state index in [4.69, 9.17) is 4.74 Å². The van der Waals surface area contributed by atoms with Gasteiger partial charge in [0.25, 0.3) is 11.8 Å².